The van der Waals surface area contributed by atoms with Gasteiger partial charge in [-0.15, -0.1) is 0 Å². The normalized spacial score (nSPS) is 14.8. The summed E-state index contributed by atoms with van der Waals surface area (Å²) in [6, 6.07) is 3.38. The Morgan fingerprint density at radius 1 is 1.45 bits per heavy atom. The van der Waals surface area contributed by atoms with Gasteiger partial charge in [0.05, 0.1) is 11.0 Å². The number of nitrogens with one attached hydrogen (secondary N) is 1. The van der Waals surface area contributed by atoms with Crippen LogP contribution in [0.25, 0.3) is 0 Å². The predicted molar refractivity (Wildman–Crippen MR) is 74.5 cm³/mol. The van der Waals surface area contributed by atoms with Gasteiger partial charge in [0.2, 0.25) is 15.9 Å². The number of carbonyl (C=O) groups is 1. The number of benzene rings is 1. The molecule has 0 aliphatic carbocycles. The Kier molecular flexibility index (Phi) is 5.23. The molecule has 0 aromatic heterocycles. The molecule has 2 unspecified atom stereocenters. The van der Waals surface area contributed by atoms with Crippen LogP contribution in [0.5, 0.6) is 0 Å². The van der Waals surface area contributed by atoms with Crippen LogP contribution in [0.4, 0.5) is 0 Å². The van der Waals surface area contributed by atoms with Crippen molar-refractivity contribution >= 4 is 15.9 Å². The van der Waals surface area contributed by atoms with Gasteiger partial charge in [0.25, 0.3) is 0 Å². The fourth-order valence-corrected chi connectivity index (χ4v) is 2.59. The first-order valence-electron chi connectivity index (χ1n) is 5.99. The van der Waals surface area contributed by atoms with Crippen molar-refractivity contribution in [2.24, 2.45) is 11.5 Å². The molecule has 112 valence electrons. The van der Waals surface area contributed by atoms with E-state index in [2.05, 4.69) is 4.72 Å². The minimum atomic E-state index is -3.81. The summed E-state index contributed by atoms with van der Waals surface area (Å²) in [5.41, 5.74) is 11.5. The lowest BCUT2D eigenvalue weighted by Gasteiger charge is -2.15. The Morgan fingerprint density at radius 3 is 2.55 bits per heavy atom. The maximum Gasteiger partial charge on any atom is 0.249 e. The lowest BCUT2D eigenvalue weighted by Crippen LogP contribution is -2.43. The average molecular weight is 301 g/mol. The van der Waals surface area contributed by atoms with E-state index in [1.807, 2.05) is 0 Å². The van der Waals surface area contributed by atoms with Crippen molar-refractivity contribution in [2.45, 2.75) is 30.9 Å². The monoisotopic (exact) mass is 301 g/mol. The Bertz CT molecular complexity index is 599. The quantitative estimate of drug-likeness (QED) is 0.539. The summed E-state index contributed by atoms with van der Waals surface area (Å²) in [4.78, 5) is 11.1. The Balaban J connectivity index is 2.99. The molecule has 0 saturated carbocycles. The molecule has 0 heterocycles. The standard InChI is InChI=1S/C12H19N3O4S/c1-7-3-4-9(5-10(7)12(14)17)20(18,19)15-6-11(13)8(2)16/h3-5,8,11,15-16H,6,13H2,1-2H3,(H2,14,17). The minimum Gasteiger partial charge on any atom is -0.392 e. The lowest BCUT2D eigenvalue weighted by atomic mass is 10.1. The van der Waals surface area contributed by atoms with Crippen molar-refractivity contribution in [1.29, 1.82) is 0 Å². The SMILES string of the molecule is Cc1ccc(S(=O)(=O)NCC(N)C(C)O)cc1C(N)=O. The summed E-state index contributed by atoms with van der Waals surface area (Å²) >= 11 is 0. The second-order valence-electron chi connectivity index (χ2n) is 4.60. The maximum absolute atomic E-state index is 12.0. The molecule has 0 saturated heterocycles. The number of carbonyl (C=O) groups excluding carboxylic acids is 1. The number of aliphatic hydroxyl groups is 1. The van der Waals surface area contributed by atoms with Gasteiger partial charge in [-0.1, -0.05) is 6.07 Å². The molecule has 2 atom stereocenters. The first kappa shape index (κ1) is 16.6. The van der Waals surface area contributed by atoms with Crippen LogP contribution >= 0.6 is 0 Å². The molecule has 1 aromatic carbocycles. The smallest absolute Gasteiger partial charge is 0.249 e. The molecule has 0 aliphatic rings. The van der Waals surface area contributed by atoms with E-state index in [0.29, 0.717) is 5.56 Å². The van der Waals surface area contributed by atoms with E-state index in [9.17, 15) is 18.3 Å². The van der Waals surface area contributed by atoms with E-state index in [4.69, 9.17) is 11.5 Å². The molecule has 0 bridgehead atoms. The molecular formula is C12H19N3O4S. The molecule has 1 rings (SSSR count). The first-order chi connectivity index (χ1) is 9.15. The van der Waals surface area contributed by atoms with Gasteiger partial charge < -0.3 is 16.6 Å². The fourth-order valence-electron chi connectivity index (χ4n) is 1.49. The third-order valence-corrected chi connectivity index (χ3v) is 4.33. The van der Waals surface area contributed by atoms with Crippen molar-refractivity contribution in [1.82, 2.24) is 4.72 Å². The summed E-state index contributed by atoms with van der Waals surface area (Å²) in [6.07, 6.45) is -0.836. The predicted octanol–water partition coefficient (Wildman–Crippen LogP) is -0.920. The highest BCUT2D eigenvalue weighted by molar-refractivity contribution is 7.89. The third-order valence-electron chi connectivity index (χ3n) is 2.91. The number of aryl methyl sites for hydroxylation is 1. The van der Waals surface area contributed by atoms with Gasteiger partial charge in [0.1, 0.15) is 0 Å². The number of nitrogens with two attached hydrogens (primary N) is 2. The summed E-state index contributed by atoms with van der Waals surface area (Å²) in [7, 11) is -3.81. The molecule has 0 fully saturated rings. The van der Waals surface area contributed by atoms with Crippen LogP contribution in [0.2, 0.25) is 0 Å². The number of primary amides is 1. The number of amides is 1. The van der Waals surface area contributed by atoms with Crippen molar-refractivity contribution < 1.29 is 18.3 Å². The second-order valence-corrected chi connectivity index (χ2v) is 6.36. The number of hydrogen-bond donors (Lipinski definition) is 4. The Hall–Kier alpha value is -1.48. The van der Waals surface area contributed by atoms with Crippen LogP contribution in [0.3, 0.4) is 0 Å². The van der Waals surface area contributed by atoms with Gasteiger partial charge in [-0.3, -0.25) is 4.79 Å². The third kappa shape index (κ3) is 4.01. The highest BCUT2D eigenvalue weighted by Crippen LogP contribution is 2.15. The maximum atomic E-state index is 12.0. The largest absolute Gasteiger partial charge is 0.392 e. The van der Waals surface area contributed by atoms with Gasteiger partial charge in [-0.2, -0.15) is 0 Å². The molecule has 1 aromatic rings. The van der Waals surface area contributed by atoms with Crippen molar-refractivity contribution in [3.8, 4) is 0 Å². The summed E-state index contributed by atoms with van der Waals surface area (Å²) in [6.45, 7) is 3.02. The molecule has 7 nitrogen and oxygen atoms in total. The Labute approximate surface area is 118 Å². The molecule has 20 heavy (non-hydrogen) atoms. The van der Waals surface area contributed by atoms with E-state index < -0.39 is 28.1 Å². The zero-order valence-corrected chi connectivity index (χ0v) is 12.1. The number of aliphatic hydroxyl groups excluding tert-OH is 1. The van der Waals surface area contributed by atoms with Gasteiger partial charge in [-0.25, -0.2) is 13.1 Å². The molecule has 1 amide bonds. The molecule has 0 radical (unpaired) electrons. The first-order valence-corrected chi connectivity index (χ1v) is 7.47. The van der Waals surface area contributed by atoms with Crippen LogP contribution in [0.1, 0.15) is 22.8 Å². The highest BCUT2D eigenvalue weighted by Gasteiger charge is 2.19. The summed E-state index contributed by atoms with van der Waals surface area (Å²) < 4.78 is 26.4. The zero-order valence-electron chi connectivity index (χ0n) is 11.3. The molecular weight excluding hydrogens is 282 g/mol. The van der Waals surface area contributed by atoms with Gasteiger partial charge in [-0.05, 0) is 31.5 Å². The lowest BCUT2D eigenvalue weighted by molar-refractivity contribution is 0.0999. The topological polar surface area (TPSA) is 136 Å². The van der Waals surface area contributed by atoms with Crippen molar-refractivity contribution in [3.63, 3.8) is 0 Å². The van der Waals surface area contributed by atoms with Crippen molar-refractivity contribution in [2.75, 3.05) is 6.54 Å². The van der Waals surface area contributed by atoms with Gasteiger partial charge in [0, 0.05) is 18.2 Å². The number of rotatable bonds is 6. The molecule has 0 spiro atoms. The van der Waals surface area contributed by atoms with Crippen LogP contribution in [0, 0.1) is 6.92 Å². The van der Waals surface area contributed by atoms with Crippen LogP contribution in [0.15, 0.2) is 23.1 Å². The number of hydrogen-bond acceptors (Lipinski definition) is 5. The highest BCUT2D eigenvalue weighted by atomic mass is 32.2. The van der Waals surface area contributed by atoms with Crippen LogP contribution in [-0.4, -0.2) is 38.1 Å². The minimum absolute atomic E-state index is 0.0744. The van der Waals surface area contributed by atoms with Crippen LogP contribution < -0.4 is 16.2 Å². The van der Waals surface area contributed by atoms with Gasteiger partial charge in [0.15, 0.2) is 0 Å². The van der Waals surface area contributed by atoms with Gasteiger partial charge >= 0.3 is 0 Å². The van der Waals surface area contributed by atoms with E-state index in [1.165, 1.54) is 25.1 Å². The van der Waals surface area contributed by atoms with Crippen LogP contribution in [-0.2, 0) is 10.0 Å². The van der Waals surface area contributed by atoms with E-state index >= 15 is 0 Å². The Morgan fingerprint density at radius 2 is 2.05 bits per heavy atom. The zero-order chi connectivity index (χ0) is 15.5. The average Bonchev–Trinajstić information content (AvgIpc) is 2.35. The molecule has 8 heteroatoms. The molecule has 6 N–H and O–H groups in total. The second kappa shape index (κ2) is 6.31. The summed E-state index contributed by atoms with van der Waals surface area (Å²) in [5.74, 6) is -0.694. The fraction of sp³-hybridized carbons (Fsp3) is 0.417. The van der Waals surface area contributed by atoms with E-state index in [-0.39, 0.29) is 17.0 Å². The van der Waals surface area contributed by atoms with E-state index in [1.54, 1.807) is 6.92 Å². The van der Waals surface area contributed by atoms with E-state index in [0.717, 1.165) is 0 Å². The van der Waals surface area contributed by atoms with Crippen molar-refractivity contribution in [3.05, 3.63) is 29.3 Å². The molecule has 0 aliphatic heterocycles. The summed E-state index contributed by atoms with van der Waals surface area (Å²) in [5, 5.41) is 9.22. The number of sulfonamides is 1.